The number of aromatic nitrogens is 1. The first-order chi connectivity index (χ1) is 7.67. The molecule has 1 aromatic rings. The minimum atomic E-state index is -0.555. The molecule has 0 aromatic carbocycles. The Morgan fingerprint density at radius 1 is 1.50 bits per heavy atom. The molecule has 0 unspecified atom stereocenters. The monoisotopic (exact) mass is 225 g/mol. The average Bonchev–Trinajstić information content (AvgIpc) is 2.28. The van der Waals surface area contributed by atoms with Crippen molar-refractivity contribution in [1.29, 1.82) is 0 Å². The first kappa shape index (κ1) is 12.4. The molecule has 0 atom stereocenters. The smallest absolute Gasteiger partial charge is 0.241 e. The predicted molar refractivity (Wildman–Crippen MR) is 60.6 cm³/mol. The lowest BCUT2D eigenvalue weighted by atomic mass is 10.4. The van der Waals surface area contributed by atoms with Gasteiger partial charge < -0.3 is 10.2 Å². The van der Waals surface area contributed by atoms with Crippen LogP contribution in [0.5, 0.6) is 0 Å². The molecule has 16 heavy (non-hydrogen) atoms. The van der Waals surface area contributed by atoms with Gasteiger partial charge in [0, 0.05) is 31.0 Å². The van der Waals surface area contributed by atoms with E-state index in [0.717, 1.165) is 0 Å². The zero-order valence-corrected chi connectivity index (χ0v) is 9.53. The maximum absolute atomic E-state index is 12.7. The summed E-state index contributed by atoms with van der Waals surface area (Å²) in [5.74, 6) is -0.553. The number of likely N-dealkylation sites (N-methyl/N-ethyl adjacent to an activating group) is 1. The fourth-order valence-corrected chi connectivity index (χ4v) is 1.38. The van der Waals surface area contributed by atoms with Crippen LogP contribution in [0.4, 0.5) is 10.1 Å². The highest BCUT2D eigenvalue weighted by Crippen LogP contribution is 2.06. The highest BCUT2D eigenvalue weighted by molar-refractivity contribution is 5.80. The van der Waals surface area contributed by atoms with Crippen molar-refractivity contribution in [3.63, 3.8) is 0 Å². The topological polar surface area (TPSA) is 45.2 Å². The maximum Gasteiger partial charge on any atom is 0.241 e. The van der Waals surface area contributed by atoms with Crippen molar-refractivity contribution in [2.45, 2.75) is 13.8 Å². The van der Waals surface area contributed by atoms with Crippen molar-refractivity contribution in [3.8, 4) is 0 Å². The van der Waals surface area contributed by atoms with Crippen LogP contribution in [-0.2, 0) is 4.79 Å². The second-order valence-electron chi connectivity index (χ2n) is 3.29. The van der Waals surface area contributed by atoms with Gasteiger partial charge in [0.15, 0.2) is 0 Å². The normalized spacial score (nSPS) is 9.94. The van der Waals surface area contributed by atoms with E-state index in [0.29, 0.717) is 18.8 Å². The first-order valence-corrected chi connectivity index (χ1v) is 5.30. The molecule has 88 valence electrons. The highest BCUT2D eigenvalue weighted by atomic mass is 19.1. The van der Waals surface area contributed by atoms with Crippen LogP contribution in [0.3, 0.4) is 0 Å². The number of anilines is 1. The molecule has 0 fully saturated rings. The van der Waals surface area contributed by atoms with E-state index in [2.05, 4.69) is 10.3 Å². The summed E-state index contributed by atoms with van der Waals surface area (Å²) in [5, 5.41) is 2.86. The van der Waals surface area contributed by atoms with Crippen molar-refractivity contribution in [2.75, 3.05) is 25.0 Å². The Kier molecular flexibility index (Phi) is 4.69. The third-order valence-electron chi connectivity index (χ3n) is 2.29. The van der Waals surface area contributed by atoms with Crippen LogP contribution in [0.1, 0.15) is 13.8 Å². The first-order valence-electron chi connectivity index (χ1n) is 5.30. The molecule has 0 spiro atoms. The molecule has 1 heterocycles. The van der Waals surface area contributed by atoms with Crippen molar-refractivity contribution in [2.24, 2.45) is 0 Å². The number of halogens is 1. The van der Waals surface area contributed by atoms with E-state index in [9.17, 15) is 9.18 Å². The van der Waals surface area contributed by atoms with Gasteiger partial charge in [0.1, 0.15) is 0 Å². The van der Waals surface area contributed by atoms with Gasteiger partial charge in [-0.25, -0.2) is 4.98 Å². The molecular formula is C11H16FN3O. The number of pyridine rings is 1. The number of amides is 1. The molecule has 1 rings (SSSR count). The Hall–Kier alpha value is -1.65. The van der Waals surface area contributed by atoms with Crippen LogP contribution < -0.4 is 5.32 Å². The van der Waals surface area contributed by atoms with Gasteiger partial charge in [-0.05, 0) is 19.9 Å². The highest BCUT2D eigenvalue weighted by Gasteiger charge is 2.08. The van der Waals surface area contributed by atoms with Crippen molar-refractivity contribution in [1.82, 2.24) is 9.88 Å². The summed E-state index contributed by atoms with van der Waals surface area (Å²) < 4.78 is 12.7. The molecule has 1 amide bonds. The summed E-state index contributed by atoms with van der Waals surface area (Å²) >= 11 is 0. The molecule has 0 aliphatic heterocycles. The van der Waals surface area contributed by atoms with Crippen molar-refractivity contribution in [3.05, 3.63) is 24.3 Å². The third kappa shape index (κ3) is 3.49. The van der Waals surface area contributed by atoms with Gasteiger partial charge >= 0.3 is 0 Å². The Bertz CT molecular complexity index is 353. The predicted octanol–water partition coefficient (Wildman–Crippen LogP) is 1.50. The maximum atomic E-state index is 12.7. The minimum absolute atomic E-state index is 0.00206. The number of nitrogens with zero attached hydrogens (tertiary/aromatic N) is 2. The number of nitrogens with one attached hydrogen (secondary N) is 1. The summed E-state index contributed by atoms with van der Waals surface area (Å²) in [5.41, 5.74) is 0.563. The fourth-order valence-electron chi connectivity index (χ4n) is 1.38. The zero-order chi connectivity index (χ0) is 12.0. The summed E-state index contributed by atoms with van der Waals surface area (Å²) in [6.07, 6.45) is 1.36. The summed E-state index contributed by atoms with van der Waals surface area (Å²) in [4.78, 5) is 16.8. The van der Waals surface area contributed by atoms with E-state index < -0.39 is 5.95 Å². The second kappa shape index (κ2) is 6.05. The van der Waals surface area contributed by atoms with Gasteiger partial charge in [-0.2, -0.15) is 4.39 Å². The lowest BCUT2D eigenvalue weighted by molar-refractivity contribution is -0.128. The van der Waals surface area contributed by atoms with E-state index in [1.165, 1.54) is 12.3 Å². The Morgan fingerprint density at radius 3 is 2.75 bits per heavy atom. The lowest BCUT2D eigenvalue weighted by Gasteiger charge is -2.19. The van der Waals surface area contributed by atoms with Gasteiger partial charge in [0.2, 0.25) is 11.9 Å². The van der Waals surface area contributed by atoms with Crippen LogP contribution in [-0.4, -0.2) is 35.4 Å². The standard InChI is InChI=1S/C11H16FN3O/c1-3-15(4-2)11(16)8-14-9-5-6-13-10(12)7-9/h5-7H,3-4,8H2,1-2H3,(H,13,14). The van der Waals surface area contributed by atoms with Crippen LogP contribution in [0.2, 0.25) is 0 Å². The van der Waals surface area contributed by atoms with Crippen molar-refractivity contribution >= 4 is 11.6 Å². The largest absolute Gasteiger partial charge is 0.376 e. The number of rotatable bonds is 5. The Balaban J connectivity index is 2.48. The van der Waals surface area contributed by atoms with E-state index in [-0.39, 0.29) is 12.5 Å². The molecule has 1 aromatic heterocycles. The molecule has 4 nitrogen and oxygen atoms in total. The average molecular weight is 225 g/mol. The van der Waals surface area contributed by atoms with Gasteiger partial charge in [0.05, 0.1) is 6.54 Å². The number of hydrogen-bond donors (Lipinski definition) is 1. The fraction of sp³-hybridized carbons (Fsp3) is 0.455. The van der Waals surface area contributed by atoms with Crippen molar-refractivity contribution < 1.29 is 9.18 Å². The van der Waals surface area contributed by atoms with E-state index in [1.807, 2.05) is 13.8 Å². The van der Waals surface area contributed by atoms with Gasteiger partial charge in [-0.1, -0.05) is 0 Å². The van der Waals surface area contributed by atoms with Gasteiger partial charge in [-0.15, -0.1) is 0 Å². The molecule has 0 saturated carbocycles. The lowest BCUT2D eigenvalue weighted by Crippen LogP contribution is -2.35. The Morgan fingerprint density at radius 2 is 2.19 bits per heavy atom. The molecule has 5 heteroatoms. The van der Waals surface area contributed by atoms with E-state index >= 15 is 0 Å². The van der Waals surface area contributed by atoms with E-state index in [1.54, 1.807) is 11.0 Å². The van der Waals surface area contributed by atoms with Gasteiger partial charge in [-0.3, -0.25) is 4.79 Å². The molecule has 1 N–H and O–H groups in total. The summed E-state index contributed by atoms with van der Waals surface area (Å²) in [6, 6.07) is 2.88. The quantitative estimate of drug-likeness (QED) is 0.772. The molecule has 0 aliphatic carbocycles. The summed E-state index contributed by atoms with van der Waals surface area (Å²) in [7, 11) is 0. The Labute approximate surface area is 94.5 Å². The molecule has 0 saturated heterocycles. The minimum Gasteiger partial charge on any atom is -0.376 e. The van der Waals surface area contributed by atoms with Crippen LogP contribution in [0.25, 0.3) is 0 Å². The van der Waals surface area contributed by atoms with Crippen LogP contribution in [0.15, 0.2) is 18.3 Å². The molecule has 0 radical (unpaired) electrons. The SMILES string of the molecule is CCN(CC)C(=O)CNc1ccnc(F)c1. The van der Waals surface area contributed by atoms with Crippen LogP contribution in [0, 0.1) is 5.95 Å². The summed E-state index contributed by atoms with van der Waals surface area (Å²) in [6.45, 7) is 5.38. The zero-order valence-electron chi connectivity index (χ0n) is 9.53. The van der Waals surface area contributed by atoms with Crippen LogP contribution >= 0.6 is 0 Å². The number of carbonyl (C=O) groups excluding carboxylic acids is 1. The van der Waals surface area contributed by atoms with Gasteiger partial charge in [0.25, 0.3) is 0 Å². The second-order valence-corrected chi connectivity index (χ2v) is 3.29. The van der Waals surface area contributed by atoms with E-state index in [4.69, 9.17) is 0 Å². The number of hydrogen-bond acceptors (Lipinski definition) is 3. The molecule has 0 bridgehead atoms. The molecule has 0 aliphatic rings. The molecular weight excluding hydrogens is 209 g/mol. The third-order valence-corrected chi connectivity index (χ3v) is 2.29. The number of carbonyl (C=O) groups is 1.